The Morgan fingerprint density at radius 2 is 1.78 bits per heavy atom. The number of rotatable bonds is 2. The van der Waals surface area contributed by atoms with E-state index in [4.69, 9.17) is 0 Å². The van der Waals surface area contributed by atoms with E-state index >= 15 is 0 Å². The van der Waals surface area contributed by atoms with E-state index in [0.717, 1.165) is 31.5 Å². The summed E-state index contributed by atoms with van der Waals surface area (Å²) in [5, 5.41) is 3.24. The van der Waals surface area contributed by atoms with E-state index in [9.17, 15) is 8.42 Å². The van der Waals surface area contributed by atoms with Crippen LogP contribution in [0.2, 0.25) is 0 Å². The molecule has 0 spiro atoms. The van der Waals surface area contributed by atoms with Gasteiger partial charge in [0.2, 0.25) is 10.0 Å². The quantitative estimate of drug-likeness (QED) is 0.881. The molecule has 1 aromatic carbocycles. The van der Waals surface area contributed by atoms with Gasteiger partial charge in [0.15, 0.2) is 0 Å². The number of sulfonamides is 1. The maximum absolute atomic E-state index is 12.5. The van der Waals surface area contributed by atoms with E-state index < -0.39 is 10.0 Å². The molecule has 0 bridgehead atoms. The molecule has 0 atom stereocenters. The number of benzene rings is 1. The SMILES string of the molecule is Cc1ccc(S(=O)(=O)N2CCCCNCC2)cc1. The van der Waals surface area contributed by atoms with Gasteiger partial charge in [-0.1, -0.05) is 17.7 Å². The van der Waals surface area contributed by atoms with Gasteiger partial charge in [-0.3, -0.25) is 0 Å². The normalized spacial score (nSPS) is 19.2. The van der Waals surface area contributed by atoms with Crippen LogP contribution in [0.5, 0.6) is 0 Å². The molecule has 0 unspecified atom stereocenters. The molecule has 5 heteroatoms. The van der Waals surface area contributed by atoms with Crippen LogP contribution in [0, 0.1) is 6.92 Å². The zero-order chi connectivity index (χ0) is 13.0. The Balaban J connectivity index is 2.20. The molecule has 1 aliphatic heterocycles. The molecule has 0 aromatic heterocycles. The molecule has 18 heavy (non-hydrogen) atoms. The average Bonchev–Trinajstić information content (AvgIpc) is 2.28. The first-order chi connectivity index (χ1) is 8.60. The molecule has 0 amide bonds. The van der Waals surface area contributed by atoms with Crippen molar-refractivity contribution < 1.29 is 8.42 Å². The Morgan fingerprint density at radius 3 is 2.50 bits per heavy atom. The molecule has 0 radical (unpaired) electrons. The third-order valence-electron chi connectivity index (χ3n) is 3.21. The highest BCUT2D eigenvalue weighted by Crippen LogP contribution is 2.17. The minimum atomic E-state index is -3.33. The summed E-state index contributed by atoms with van der Waals surface area (Å²) in [7, 11) is -3.33. The molecule has 2 rings (SSSR count). The summed E-state index contributed by atoms with van der Waals surface area (Å²) < 4.78 is 26.5. The van der Waals surface area contributed by atoms with Gasteiger partial charge >= 0.3 is 0 Å². The van der Waals surface area contributed by atoms with E-state index in [-0.39, 0.29) is 0 Å². The van der Waals surface area contributed by atoms with Crippen LogP contribution in [0.3, 0.4) is 0 Å². The van der Waals surface area contributed by atoms with Crippen molar-refractivity contribution in [3.05, 3.63) is 29.8 Å². The molecule has 4 nitrogen and oxygen atoms in total. The second-order valence-electron chi connectivity index (χ2n) is 4.67. The largest absolute Gasteiger partial charge is 0.315 e. The molecule has 0 aliphatic carbocycles. The molecule has 1 aliphatic rings. The molecule has 1 fully saturated rings. The highest BCUT2D eigenvalue weighted by molar-refractivity contribution is 7.89. The van der Waals surface area contributed by atoms with E-state index in [2.05, 4.69) is 5.32 Å². The van der Waals surface area contributed by atoms with Crippen LogP contribution in [-0.4, -0.2) is 38.9 Å². The van der Waals surface area contributed by atoms with E-state index in [1.54, 1.807) is 16.4 Å². The number of aryl methyl sites for hydroxylation is 1. The van der Waals surface area contributed by atoms with Gasteiger partial charge in [0.1, 0.15) is 0 Å². The Hall–Kier alpha value is -0.910. The Morgan fingerprint density at radius 1 is 1.06 bits per heavy atom. The lowest BCUT2D eigenvalue weighted by atomic mass is 10.2. The third-order valence-corrected chi connectivity index (χ3v) is 5.12. The molecule has 100 valence electrons. The van der Waals surface area contributed by atoms with E-state index in [0.29, 0.717) is 18.0 Å². The topological polar surface area (TPSA) is 49.4 Å². The van der Waals surface area contributed by atoms with Crippen LogP contribution in [0.25, 0.3) is 0 Å². The lowest BCUT2D eigenvalue weighted by Crippen LogP contribution is -2.39. The Bertz CT molecular complexity index is 474. The second-order valence-corrected chi connectivity index (χ2v) is 6.61. The highest BCUT2D eigenvalue weighted by atomic mass is 32.2. The van der Waals surface area contributed by atoms with Gasteiger partial charge in [-0.2, -0.15) is 4.31 Å². The minimum absolute atomic E-state index is 0.397. The summed E-state index contributed by atoms with van der Waals surface area (Å²) in [6.07, 6.45) is 1.94. The number of nitrogens with one attached hydrogen (secondary N) is 1. The smallest absolute Gasteiger partial charge is 0.243 e. The van der Waals surface area contributed by atoms with Crippen LogP contribution in [0.1, 0.15) is 18.4 Å². The fourth-order valence-corrected chi connectivity index (χ4v) is 3.56. The fraction of sp³-hybridized carbons (Fsp3) is 0.538. The monoisotopic (exact) mass is 268 g/mol. The Labute approximate surface area is 109 Å². The summed E-state index contributed by atoms with van der Waals surface area (Å²) in [5.41, 5.74) is 1.07. The predicted octanol–water partition coefficient (Wildman–Crippen LogP) is 1.37. The molecule has 1 saturated heterocycles. The van der Waals surface area contributed by atoms with Gasteiger partial charge in [0, 0.05) is 19.6 Å². The van der Waals surface area contributed by atoms with Crippen LogP contribution in [0.4, 0.5) is 0 Å². The molecule has 1 aromatic rings. The zero-order valence-electron chi connectivity index (χ0n) is 10.7. The molecular weight excluding hydrogens is 248 g/mol. The maximum atomic E-state index is 12.5. The van der Waals surface area contributed by atoms with E-state index in [1.807, 2.05) is 19.1 Å². The fourth-order valence-electron chi connectivity index (χ4n) is 2.08. The van der Waals surface area contributed by atoms with E-state index in [1.165, 1.54) is 0 Å². The summed E-state index contributed by atoms with van der Waals surface area (Å²) in [6, 6.07) is 7.07. The first-order valence-electron chi connectivity index (χ1n) is 6.38. The van der Waals surface area contributed by atoms with Gasteiger partial charge in [-0.25, -0.2) is 8.42 Å². The van der Waals surface area contributed by atoms with Gasteiger partial charge in [0.25, 0.3) is 0 Å². The van der Waals surface area contributed by atoms with Crippen molar-refractivity contribution in [1.82, 2.24) is 9.62 Å². The van der Waals surface area contributed by atoms with Crippen molar-refractivity contribution in [2.45, 2.75) is 24.7 Å². The summed E-state index contributed by atoms with van der Waals surface area (Å²) in [5.74, 6) is 0. The minimum Gasteiger partial charge on any atom is -0.315 e. The van der Waals surface area contributed by atoms with Gasteiger partial charge < -0.3 is 5.32 Å². The first-order valence-corrected chi connectivity index (χ1v) is 7.82. The van der Waals surface area contributed by atoms with Gasteiger partial charge in [-0.05, 0) is 38.4 Å². The number of hydrogen-bond acceptors (Lipinski definition) is 3. The number of nitrogens with zero attached hydrogens (tertiary/aromatic N) is 1. The van der Waals surface area contributed by atoms with Crippen molar-refractivity contribution in [3.63, 3.8) is 0 Å². The van der Waals surface area contributed by atoms with Crippen LogP contribution < -0.4 is 5.32 Å². The van der Waals surface area contributed by atoms with Crippen molar-refractivity contribution in [3.8, 4) is 0 Å². The zero-order valence-corrected chi connectivity index (χ0v) is 11.5. The lowest BCUT2D eigenvalue weighted by molar-refractivity contribution is 0.373. The summed E-state index contributed by atoms with van der Waals surface area (Å²) in [4.78, 5) is 0.397. The van der Waals surface area contributed by atoms with Crippen LogP contribution >= 0.6 is 0 Å². The molecule has 1 heterocycles. The van der Waals surface area contributed by atoms with Crippen molar-refractivity contribution in [2.75, 3.05) is 26.2 Å². The molecule has 0 saturated carbocycles. The molecular formula is C13H20N2O2S. The third kappa shape index (κ3) is 3.10. The van der Waals surface area contributed by atoms with Crippen molar-refractivity contribution in [1.29, 1.82) is 0 Å². The van der Waals surface area contributed by atoms with Gasteiger partial charge in [-0.15, -0.1) is 0 Å². The summed E-state index contributed by atoms with van der Waals surface area (Å²) in [6.45, 7) is 4.84. The maximum Gasteiger partial charge on any atom is 0.243 e. The number of hydrogen-bond donors (Lipinski definition) is 1. The van der Waals surface area contributed by atoms with Crippen LogP contribution in [-0.2, 0) is 10.0 Å². The standard InChI is InChI=1S/C13H20N2O2S/c1-12-4-6-13(7-5-12)18(16,17)15-10-3-2-8-14-9-11-15/h4-7,14H,2-3,8-11H2,1H3. The van der Waals surface area contributed by atoms with Crippen molar-refractivity contribution in [2.24, 2.45) is 0 Å². The average molecular weight is 268 g/mol. The highest BCUT2D eigenvalue weighted by Gasteiger charge is 2.24. The van der Waals surface area contributed by atoms with Crippen LogP contribution in [0.15, 0.2) is 29.2 Å². The summed E-state index contributed by atoms with van der Waals surface area (Å²) >= 11 is 0. The first kappa shape index (κ1) is 13.5. The predicted molar refractivity (Wildman–Crippen MR) is 72.0 cm³/mol. The van der Waals surface area contributed by atoms with Crippen molar-refractivity contribution >= 4 is 10.0 Å². The Kier molecular flexibility index (Phi) is 4.37. The molecule has 1 N–H and O–H groups in total. The van der Waals surface area contributed by atoms with Gasteiger partial charge in [0.05, 0.1) is 4.90 Å². The second kappa shape index (κ2) is 5.82. The lowest BCUT2D eigenvalue weighted by Gasteiger charge is -2.24.